The van der Waals surface area contributed by atoms with Crippen molar-refractivity contribution >= 4 is 53.5 Å². The molecule has 208 valence electrons. The summed E-state index contributed by atoms with van der Waals surface area (Å²) < 4.78 is 55.6. The van der Waals surface area contributed by atoms with Crippen LogP contribution in [0.1, 0.15) is 24.0 Å². The molecule has 3 aromatic rings. The lowest BCUT2D eigenvalue weighted by Crippen LogP contribution is -2.40. The molecule has 0 spiro atoms. The highest BCUT2D eigenvalue weighted by Crippen LogP contribution is 2.24. The van der Waals surface area contributed by atoms with E-state index in [4.69, 9.17) is 11.6 Å². The summed E-state index contributed by atoms with van der Waals surface area (Å²) in [5.74, 6) is -0.462. The lowest BCUT2D eigenvalue weighted by Gasteiger charge is -2.22. The highest BCUT2D eigenvalue weighted by Gasteiger charge is 2.28. The molecule has 3 aromatic carbocycles. The molecule has 1 N–H and O–H groups in total. The molecule has 0 bridgehead atoms. The Morgan fingerprint density at radius 1 is 0.897 bits per heavy atom. The van der Waals surface area contributed by atoms with E-state index < -0.39 is 32.5 Å². The number of rotatable bonds is 11. The quantitative estimate of drug-likeness (QED) is 0.330. The van der Waals surface area contributed by atoms with E-state index in [1.807, 2.05) is 0 Å². The van der Waals surface area contributed by atoms with Gasteiger partial charge in [-0.15, -0.1) is 0 Å². The van der Waals surface area contributed by atoms with Crippen LogP contribution in [0.5, 0.6) is 0 Å². The molecule has 0 atom stereocenters. The molecule has 1 amide bonds. The van der Waals surface area contributed by atoms with Gasteiger partial charge in [-0.2, -0.15) is 8.61 Å². The molecule has 1 aliphatic heterocycles. The third kappa shape index (κ3) is 7.47. The fraction of sp³-hybridized carbons (Fsp3) is 0.296. The molecule has 1 aliphatic rings. The van der Waals surface area contributed by atoms with Gasteiger partial charge in [0.15, 0.2) is 0 Å². The maximum Gasteiger partial charge on any atom is 0.243 e. The van der Waals surface area contributed by atoms with Gasteiger partial charge in [0, 0.05) is 35.7 Å². The zero-order valence-electron chi connectivity index (χ0n) is 21.1. The van der Waals surface area contributed by atoms with Crippen molar-refractivity contribution in [2.75, 3.05) is 26.2 Å². The van der Waals surface area contributed by atoms with Gasteiger partial charge in [0.25, 0.3) is 0 Å². The number of carbonyl (C=O) groups excluding carboxylic acids is 1. The smallest absolute Gasteiger partial charge is 0.243 e. The highest BCUT2D eigenvalue weighted by atomic mass is 79.9. The number of hydrogen-bond donors (Lipinski definition) is 1. The second kappa shape index (κ2) is 12.9. The second-order valence-electron chi connectivity index (χ2n) is 9.17. The van der Waals surface area contributed by atoms with E-state index in [-0.39, 0.29) is 22.9 Å². The number of nitrogens with zero attached hydrogens (tertiary/aromatic N) is 2. The number of carbonyl (C=O) groups is 1. The van der Waals surface area contributed by atoms with Crippen molar-refractivity contribution in [1.29, 1.82) is 0 Å². The van der Waals surface area contributed by atoms with Gasteiger partial charge in [-0.3, -0.25) is 4.79 Å². The molecular weight excluding hydrogens is 626 g/mol. The van der Waals surface area contributed by atoms with Crippen LogP contribution in [-0.4, -0.2) is 57.5 Å². The van der Waals surface area contributed by atoms with Crippen LogP contribution in [0.4, 0.5) is 0 Å². The zero-order valence-corrected chi connectivity index (χ0v) is 25.1. The number of nitrogens with one attached hydrogen (secondary N) is 1. The number of benzene rings is 3. The van der Waals surface area contributed by atoms with Crippen LogP contribution in [0.25, 0.3) is 0 Å². The Balaban J connectivity index is 1.40. The third-order valence-electron chi connectivity index (χ3n) is 6.44. The van der Waals surface area contributed by atoms with Crippen LogP contribution in [0, 0.1) is 0 Å². The van der Waals surface area contributed by atoms with Gasteiger partial charge >= 0.3 is 0 Å². The highest BCUT2D eigenvalue weighted by molar-refractivity contribution is 9.10. The minimum absolute atomic E-state index is 0.0644. The first-order valence-electron chi connectivity index (χ1n) is 12.4. The summed E-state index contributed by atoms with van der Waals surface area (Å²) in [5.41, 5.74) is 1.43. The predicted octanol–water partition coefficient (Wildman–Crippen LogP) is 4.44. The number of sulfonamides is 2. The second-order valence-corrected chi connectivity index (χ2v) is 14.4. The molecule has 4 rings (SSSR count). The third-order valence-corrected chi connectivity index (χ3v) is 11.1. The van der Waals surface area contributed by atoms with Crippen LogP contribution < -0.4 is 5.32 Å². The fourth-order valence-electron chi connectivity index (χ4n) is 4.27. The fourth-order valence-corrected chi connectivity index (χ4v) is 7.62. The van der Waals surface area contributed by atoms with Crippen molar-refractivity contribution < 1.29 is 21.6 Å². The molecule has 1 saturated heterocycles. The Hall–Kier alpha value is -2.28. The summed E-state index contributed by atoms with van der Waals surface area (Å²) in [7, 11) is -7.48. The Bertz CT molecular complexity index is 1510. The first-order chi connectivity index (χ1) is 18.6. The van der Waals surface area contributed by atoms with Gasteiger partial charge in [-0.25, -0.2) is 16.8 Å². The van der Waals surface area contributed by atoms with Crippen molar-refractivity contribution in [3.05, 3.63) is 93.4 Å². The van der Waals surface area contributed by atoms with Gasteiger partial charge < -0.3 is 5.32 Å². The van der Waals surface area contributed by atoms with E-state index in [9.17, 15) is 21.6 Å². The summed E-state index contributed by atoms with van der Waals surface area (Å²) in [5, 5.41) is 3.18. The predicted molar refractivity (Wildman–Crippen MR) is 154 cm³/mol. The molecule has 39 heavy (non-hydrogen) atoms. The number of amides is 1. The maximum atomic E-state index is 13.4. The Labute approximate surface area is 243 Å². The lowest BCUT2D eigenvalue weighted by atomic mass is 10.1. The molecule has 0 aliphatic carbocycles. The monoisotopic (exact) mass is 653 g/mol. The molecule has 1 heterocycles. The number of halogens is 2. The van der Waals surface area contributed by atoms with Crippen molar-refractivity contribution in [1.82, 2.24) is 13.9 Å². The summed E-state index contributed by atoms with van der Waals surface area (Å²) >= 11 is 9.59. The molecule has 0 aromatic heterocycles. The van der Waals surface area contributed by atoms with Crippen LogP contribution in [0.3, 0.4) is 0 Å². The van der Waals surface area contributed by atoms with Crippen molar-refractivity contribution in [2.45, 2.75) is 35.6 Å². The van der Waals surface area contributed by atoms with E-state index in [2.05, 4.69) is 21.2 Å². The van der Waals surface area contributed by atoms with E-state index in [1.54, 1.807) is 60.7 Å². The Kier molecular flexibility index (Phi) is 9.84. The lowest BCUT2D eigenvalue weighted by molar-refractivity contribution is -0.121. The van der Waals surface area contributed by atoms with Crippen molar-refractivity contribution in [3.8, 4) is 0 Å². The van der Waals surface area contributed by atoms with Gasteiger partial charge in [0.2, 0.25) is 26.0 Å². The van der Waals surface area contributed by atoms with Gasteiger partial charge in [-0.05, 0) is 72.9 Å². The van der Waals surface area contributed by atoms with Crippen LogP contribution in [-0.2, 0) is 37.8 Å². The summed E-state index contributed by atoms with van der Waals surface area (Å²) in [4.78, 5) is 13.2. The van der Waals surface area contributed by atoms with Crippen molar-refractivity contribution in [2.24, 2.45) is 0 Å². The standard InChI is InChI=1S/C27H29BrClN3O5S2/c28-23-9-13-25(14-10-23)39(36,37)32(19-22-5-1-2-6-26(22)29)20-27(33)30-16-15-21-7-11-24(12-8-21)38(34,35)31-17-3-4-18-31/h1-2,5-14H,3-4,15-20H2,(H,30,33). The zero-order chi connectivity index (χ0) is 28.0. The molecule has 0 saturated carbocycles. The summed E-state index contributed by atoms with van der Waals surface area (Å²) in [6.07, 6.45) is 2.20. The van der Waals surface area contributed by atoms with Crippen molar-refractivity contribution in [3.63, 3.8) is 0 Å². The van der Waals surface area contributed by atoms with E-state index in [0.29, 0.717) is 30.1 Å². The average Bonchev–Trinajstić information content (AvgIpc) is 3.46. The van der Waals surface area contributed by atoms with E-state index in [0.717, 1.165) is 27.2 Å². The van der Waals surface area contributed by atoms with E-state index in [1.165, 1.54) is 16.4 Å². The summed E-state index contributed by atoms with van der Waals surface area (Å²) in [6.45, 7) is 0.882. The van der Waals surface area contributed by atoms with Gasteiger partial charge in [0.1, 0.15) is 0 Å². The van der Waals surface area contributed by atoms with Crippen LogP contribution in [0.15, 0.2) is 87.1 Å². The van der Waals surface area contributed by atoms with Gasteiger partial charge in [0.05, 0.1) is 16.3 Å². The number of hydrogen-bond acceptors (Lipinski definition) is 5. The molecule has 0 radical (unpaired) electrons. The minimum atomic E-state index is -4.00. The summed E-state index contributed by atoms with van der Waals surface area (Å²) in [6, 6.07) is 19.7. The first-order valence-corrected chi connectivity index (χ1v) is 16.5. The average molecular weight is 655 g/mol. The molecule has 0 unspecified atom stereocenters. The first kappa shape index (κ1) is 29.7. The largest absolute Gasteiger partial charge is 0.355 e. The normalized spacial score (nSPS) is 14.5. The molecule has 12 heteroatoms. The molecule has 1 fully saturated rings. The Morgan fingerprint density at radius 3 is 2.15 bits per heavy atom. The minimum Gasteiger partial charge on any atom is -0.355 e. The van der Waals surface area contributed by atoms with Crippen LogP contribution >= 0.6 is 27.5 Å². The molecule has 8 nitrogen and oxygen atoms in total. The van der Waals surface area contributed by atoms with E-state index >= 15 is 0 Å². The molecular formula is C27H29BrClN3O5S2. The topological polar surface area (TPSA) is 104 Å². The van der Waals surface area contributed by atoms with Crippen LogP contribution in [0.2, 0.25) is 5.02 Å². The van der Waals surface area contributed by atoms with Gasteiger partial charge in [-0.1, -0.05) is 57.9 Å². The SMILES string of the molecule is O=C(CN(Cc1ccccc1Cl)S(=O)(=O)c1ccc(Br)cc1)NCCc1ccc(S(=O)(=O)N2CCCC2)cc1. The Morgan fingerprint density at radius 2 is 1.51 bits per heavy atom. The maximum absolute atomic E-state index is 13.4.